The Morgan fingerprint density at radius 3 is 1.33 bits per heavy atom. The predicted molar refractivity (Wildman–Crippen MR) is 273 cm³/mol. The second-order valence-corrected chi connectivity index (χ2v) is 18.3. The van der Waals surface area contributed by atoms with Crippen LogP contribution in [0.1, 0.15) is 265 Å². The molecule has 0 aromatic carbocycles. The molecule has 0 aliphatic rings. The van der Waals surface area contributed by atoms with Crippen LogP contribution in [-0.2, 0) is 14.3 Å². The quantitative estimate of drug-likeness (QED) is 0.0321. The maximum atomic E-state index is 13.2. The molecule has 0 rings (SSSR count). The first-order valence-corrected chi connectivity index (χ1v) is 27.0. The Morgan fingerprint density at radius 2 is 0.841 bits per heavy atom. The molecule has 0 saturated heterocycles. The molecule has 0 bridgehead atoms. The number of hydrogen-bond acceptors (Lipinski definition) is 5. The van der Waals surface area contributed by atoms with Gasteiger partial charge < -0.3 is 20.3 Å². The van der Waals surface area contributed by atoms with Crippen molar-refractivity contribution in [1.29, 1.82) is 0 Å². The average molecular weight is 882 g/mol. The number of aliphatic hydroxyl groups is 2. The van der Waals surface area contributed by atoms with Crippen LogP contribution in [0.4, 0.5) is 0 Å². The van der Waals surface area contributed by atoms with Gasteiger partial charge in [0.1, 0.15) is 6.10 Å². The second-order valence-electron chi connectivity index (χ2n) is 18.3. The zero-order valence-corrected chi connectivity index (χ0v) is 41.7. The summed E-state index contributed by atoms with van der Waals surface area (Å²) < 4.78 is 5.89. The van der Waals surface area contributed by atoms with Gasteiger partial charge in [-0.2, -0.15) is 0 Å². The van der Waals surface area contributed by atoms with Crippen LogP contribution in [0.5, 0.6) is 0 Å². The number of amides is 1. The largest absolute Gasteiger partial charge is 0.462 e. The third-order valence-corrected chi connectivity index (χ3v) is 12.1. The van der Waals surface area contributed by atoms with Gasteiger partial charge in [0, 0.05) is 6.42 Å². The summed E-state index contributed by atoms with van der Waals surface area (Å²) in [6, 6.07) is -0.713. The van der Waals surface area contributed by atoms with Crippen molar-refractivity contribution in [2.45, 2.75) is 283 Å². The van der Waals surface area contributed by atoms with E-state index < -0.39 is 18.2 Å². The van der Waals surface area contributed by atoms with E-state index in [0.29, 0.717) is 19.3 Å². The summed E-state index contributed by atoms with van der Waals surface area (Å²) in [6.45, 7) is 6.39. The fourth-order valence-corrected chi connectivity index (χ4v) is 7.95. The van der Waals surface area contributed by atoms with Gasteiger partial charge in [-0.3, -0.25) is 9.59 Å². The molecule has 0 spiro atoms. The van der Waals surface area contributed by atoms with Gasteiger partial charge >= 0.3 is 5.97 Å². The minimum Gasteiger partial charge on any atom is -0.462 e. The molecule has 3 unspecified atom stereocenters. The number of ether oxygens (including phenoxy) is 1. The van der Waals surface area contributed by atoms with E-state index in [1.807, 2.05) is 0 Å². The molecule has 6 nitrogen and oxygen atoms in total. The number of allylic oxidation sites excluding steroid dienone is 10. The van der Waals surface area contributed by atoms with Crippen molar-refractivity contribution >= 4 is 11.9 Å². The highest BCUT2D eigenvalue weighted by atomic mass is 16.5. The van der Waals surface area contributed by atoms with Crippen molar-refractivity contribution < 1.29 is 24.5 Å². The molecule has 366 valence electrons. The molecule has 0 aliphatic heterocycles. The van der Waals surface area contributed by atoms with Crippen LogP contribution in [0.25, 0.3) is 0 Å². The summed E-state index contributed by atoms with van der Waals surface area (Å²) in [5.41, 5.74) is 0. The summed E-state index contributed by atoms with van der Waals surface area (Å²) >= 11 is 0. The van der Waals surface area contributed by atoms with Crippen LogP contribution in [0.15, 0.2) is 60.8 Å². The standard InChI is InChI=1S/C57H103NO5/c1-4-7-10-13-16-19-21-23-25-27-28-30-32-34-36-38-41-44-47-50-57(62)63-53(48-45-42-39-18-15-12-9-6-3)51-56(61)58-54(52-59)55(60)49-46-43-40-37-35-33-31-29-26-24-22-20-17-14-11-8-5-2/h12,15-16,19,23,25,28,30,34,36,53-55,59-60H,4-11,13-14,17-18,20-22,24,26-27,29,31-33,35,37-52H2,1-3H3,(H,58,61)/b15-12-,19-16-,25-23-,30-28-,36-34-. The summed E-state index contributed by atoms with van der Waals surface area (Å²) in [6.07, 6.45) is 63.0. The average Bonchev–Trinajstić information content (AvgIpc) is 3.28. The highest BCUT2D eigenvalue weighted by Crippen LogP contribution is 2.17. The highest BCUT2D eigenvalue weighted by Gasteiger charge is 2.24. The van der Waals surface area contributed by atoms with E-state index in [-0.39, 0.29) is 24.9 Å². The molecule has 63 heavy (non-hydrogen) atoms. The van der Waals surface area contributed by atoms with Crippen molar-refractivity contribution in [2.75, 3.05) is 6.61 Å². The Kier molecular flexibility index (Phi) is 48.6. The van der Waals surface area contributed by atoms with Gasteiger partial charge in [0.15, 0.2) is 0 Å². The number of nitrogens with one attached hydrogen (secondary N) is 1. The maximum Gasteiger partial charge on any atom is 0.306 e. The Bertz CT molecular complexity index is 1130. The smallest absolute Gasteiger partial charge is 0.306 e. The topological polar surface area (TPSA) is 95.9 Å². The van der Waals surface area contributed by atoms with Crippen molar-refractivity contribution in [3.8, 4) is 0 Å². The molecular weight excluding hydrogens is 779 g/mol. The molecule has 6 heteroatoms. The van der Waals surface area contributed by atoms with Gasteiger partial charge in [-0.15, -0.1) is 0 Å². The van der Waals surface area contributed by atoms with Crippen LogP contribution in [-0.4, -0.2) is 46.9 Å². The zero-order chi connectivity index (χ0) is 45.9. The third-order valence-electron chi connectivity index (χ3n) is 12.1. The minimum atomic E-state index is -0.798. The molecule has 0 fully saturated rings. The highest BCUT2D eigenvalue weighted by molar-refractivity contribution is 5.77. The summed E-state index contributed by atoms with van der Waals surface area (Å²) in [5, 5.41) is 23.8. The van der Waals surface area contributed by atoms with E-state index in [4.69, 9.17) is 4.74 Å². The van der Waals surface area contributed by atoms with E-state index in [1.54, 1.807) is 0 Å². The summed E-state index contributed by atoms with van der Waals surface area (Å²) in [4.78, 5) is 26.1. The number of esters is 1. The van der Waals surface area contributed by atoms with Crippen LogP contribution in [0.3, 0.4) is 0 Å². The molecule has 1 amide bonds. The van der Waals surface area contributed by atoms with Gasteiger partial charge in [-0.1, -0.05) is 223 Å². The lowest BCUT2D eigenvalue weighted by Crippen LogP contribution is -2.46. The number of carbonyl (C=O) groups excluding carboxylic acids is 2. The summed E-state index contributed by atoms with van der Waals surface area (Å²) in [5.74, 6) is -0.527. The van der Waals surface area contributed by atoms with E-state index in [0.717, 1.165) is 103 Å². The van der Waals surface area contributed by atoms with Crippen molar-refractivity contribution in [1.82, 2.24) is 5.32 Å². The summed E-state index contributed by atoms with van der Waals surface area (Å²) in [7, 11) is 0. The Balaban J connectivity index is 4.42. The van der Waals surface area contributed by atoms with Crippen LogP contribution < -0.4 is 5.32 Å². The van der Waals surface area contributed by atoms with Gasteiger partial charge in [0.2, 0.25) is 5.91 Å². The van der Waals surface area contributed by atoms with Crippen LogP contribution in [0, 0.1) is 0 Å². The van der Waals surface area contributed by atoms with Crippen molar-refractivity contribution in [3.05, 3.63) is 60.8 Å². The van der Waals surface area contributed by atoms with E-state index >= 15 is 0 Å². The molecule has 0 radical (unpaired) electrons. The van der Waals surface area contributed by atoms with Gasteiger partial charge in [0.25, 0.3) is 0 Å². The number of unbranched alkanes of at least 4 members (excludes halogenated alkanes) is 26. The Morgan fingerprint density at radius 1 is 0.460 bits per heavy atom. The molecule has 0 aliphatic carbocycles. The number of aliphatic hydroxyl groups excluding tert-OH is 2. The first-order valence-electron chi connectivity index (χ1n) is 27.0. The lowest BCUT2D eigenvalue weighted by atomic mass is 10.0. The van der Waals surface area contributed by atoms with Gasteiger partial charge in [-0.25, -0.2) is 0 Å². The molecule has 0 aromatic heterocycles. The maximum absolute atomic E-state index is 13.2. The normalized spacial score (nSPS) is 13.7. The molecular formula is C57H103NO5. The lowest BCUT2D eigenvalue weighted by molar-refractivity contribution is -0.151. The fraction of sp³-hybridized carbons (Fsp3) is 0.789. The van der Waals surface area contributed by atoms with E-state index in [1.165, 1.54) is 116 Å². The van der Waals surface area contributed by atoms with Crippen molar-refractivity contribution in [3.63, 3.8) is 0 Å². The SMILES string of the molecule is CCC/C=C\CCCCCC(CC(=O)NC(CO)C(O)CCCCCCCCCCCCCCCCCCC)OC(=O)CCCCC/C=C\C/C=C\C/C=C\C/C=C\CCCCC. The van der Waals surface area contributed by atoms with Crippen LogP contribution in [0.2, 0.25) is 0 Å². The molecule has 3 N–H and O–H groups in total. The molecule has 3 atom stereocenters. The van der Waals surface area contributed by atoms with Crippen molar-refractivity contribution in [2.24, 2.45) is 0 Å². The van der Waals surface area contributed by atoms with Gasteiger partial charge in [0.05, 0.1) is 25.2 Å². The first kappa shape index (κ1) is 60.6. The first-order chi connectivity index (χ1) is 31.0. The Labute approximate surface area is 390 Å². The predicted octanol–water partition coefficient (Wildman–Crippen LogP) is 16.4. The second kappa shape index (κ2) is 50.6. The number of hydrogen-bond donors (Lipinski definition) is 3. The Hall–Kier alpha value is -2.44. The zero-order valence-electron chi connectivity index (χ0n) is 41.7. The monoisotopic (exact) mass is 882 g/mol. The van der Waals surface area contributed by atoms with E-state index in [2.05, 4.69) is 86.8 Å². The third kappa shape index (κ3) is 45.9. The lowest BCUT2D eigenvalue weighted by Gasteiger charge is -2.24. The molecule has 0 aromatic rings. The van der Waals surface area contributed by atoms with E-state index in [9.17, 15) is 19.8 Å². The molecule has 0 heterocycles. The minimum absolute atomic E-state index is 0.0521. The molecule has 0 saturated carbocycles. The number of rotatable bonds is 48. The fourth-order valence-electron chi connectivity index (χ4n) is 7.95. The van der Waals surface area contributed by atoms with Gasteiger partial charge in [-0.05, 0) is 89.9 Å². The van der Waals surface area contributed by atoms with Crippen LogP contribution >= 0.6 is 0 Å². The number of carbonyl (C=O) groups is 2.